The van der Waals surface area contributed by atoms with E-state index >= 15 is 0 Å². The van der Waals surface area contributed by atoms with Crippen molar-refractivity contribution in [2.45, 2.75) is 38.2 Å². The summed E-state index contributed by atoms with van der Waals surface area (Å²) in [4.78, 5) is 3.68. The number of benzene rings is 1. The number of aryl methyl sites for hydroxylation is 1. The van der Waals surface area contributed by atoms with Gasteiger partial charge < -0.3 is 4.90 Å². The molecule has 0 saturated heterocycles. The van der Waals surface area contributed by atoms with Gasteiger partial charge in [0.1, 0.15) is 9.75 Å². The molecule has 0 heterocycles. The summed E-state index contributed by atoms with van der Waals surface area (Å²) in [6.07, 6.45) is 2.33. The Morgan fingerprint density at radius 3 is 2.13 bits per heavy atom. The van der Waals surface area contributed by atoms with Crippen LogP contribution >= 0.6 is 104 Å². The van der Waals surface area contributed by atoms with Crippen LogP contribution in [0.15, 0.2) is 33.3 Å². The zero-order chi connectivity index (χ0) is 23.5. The predicted molar refractivity (Wildman–Crippen MR) is 139 cm³/mol. The zero-order valence-electron chi connectivity index (χ0n) is 16.6. The van der Waals surface area contributed by atoms with Crippen LogP contribution in [0, 0.1) is 18.8 Å². The zero-order valence-corrected chi connectivity index (χ0v) is 23.4. The fourth-order valence-electron chi connectivity index (χ4n) is 4.43. The van der Waals surface area contributed by atoms with Crippen LogP contribution in [0.25, 0.3) is 0 Å². The van der Waals surface area contributed by atoms with Crippen molar-refractivity contribution in [3.63, 3.8) is 0 Å². The van der Waals surface area contributed by atoms with Gasteiger partial charge in [0.15, 0.2) is 4.33 Å². The molecular formula is C20H19Cl9N2. The fourth-order valence-corrected chi connectivity index (χ4v) is 8.63. The second kappa shape index (κ2) is 9.25. The summed E-state index contributed by atoms with van der Waals surface area (Å²) in [5, 5.41) is 0.492. The van der Waals surface area contributed by atoms with Crippen LogP contribution in [0.1, 0.15) is 12.0 Å². The molecule has 0 spiro atoms. The maximum atomic E-state index is 6.62. The van der Waals surface area contributed by atoms with Crippen molar-refractivity contribution >= 4 is 116 Å². The van der Waals surface area contributed by atoms with Crippen LogP contribution in [0.2, 0.25) is 5.02 Å². The molecule has 0 radical (unpaired) electrons. The topological polar surface area (TPSA) is 15.6 Å². The number of nitrogens with zero attached hydrogens (tertiary/aromatic N) is 2. The van der Waals surface area contributed by atoms with Gasteiger partial charge >= 0.3 is 0 Å². The van der Waals surface area contributed by atoms with Crippen molar-refractivity contribution in [2.75, 3.05) is 14.1 Å². The molecule has 0 N–H and O–H groups in total. The molecule has 2 nitrogen and oxygen atoms in total. The summed E-state index contributed by atoms with van der Waals surface area (Å²) in [7, 11) is 3.88. The van der Waals surface area contributed by atoms with Crippen LogP contribution in [-0.2, 0) is 0 Å². The van der Waals surface area contributed by atoms with Crippen LogP contribution in [0.5, 0.6) is 0 Å². The van der Waals surface area contributed by atoms with Crippen LogP contribution < -0.4 is 0 Å². The van der Waals surface area contributed by atoms with Crippen molar-refractivity contribution in [1.29, 1.82) is 0 Å². The molecule has 31 heavy (non-hydrogen) atoms. The largest absolute Gasteiger partial charge is 0.369 e. The van der Waals surface area contributed by atoms with E-state index in [1.165, 1.54) is 0 Å². The standard InChI is InChI=1S/C10H6Cl8.C10H13ClN2/c11-3-1-2-4(5(3)12)9(16)7(14)6(13)8(2,15)10(9,17)18;1-8-6-9(11)4-5-10(8)12-7-13(2)3/h2-5H,1H2;4-7H,1-3H3. The van der Waals surface area contributed by atoms with E-state index in [1.807, 2.05) is 44.1 Å². The summed E-state index contributed by atoms with van der Waals surface area (Å²) in [5.41, 5.74) is 2.05. The lowest BCUT2D eigenvalue weighted by Gasteiger charge is -2.35. The molecule has 11 heteroatoms. The second-order valence-electron chi connectivity index (χ2n) is 8.09. The summed E-state index contributed by atoms with van der Waals surface area (Å²) < 4.78 is -1.50. The van der Waals surface area contributed by atoms with Gasteiger partial charge in [-0.2, -0.15) is 0 Å². The van der Waals surface area contributed by atoms with Crippen molar-refractivity contribution in [3.8, 4) is 0 Å². The third-order valence-electron chi connectivity index (χ3n) is 5.90. The molecule has 0 aliphatic heterocycles. The number of hydrogen-bond donors (Lipinski definition) is 0. The smallest absolute Gasteiger partial charge is 0.166 e. The monoisotopic (exact) mass is 602 g/mol. The van der Waals surface area contributed by atoms with Crippen molar-refractivity contribution in [2.24, 2.45) is 16.8 Å². The van der Waals surface area contributed by atoms with Gasteiger partial charge in [-0.25, -0.2) is 4.99 Å². The van der Waals surface area contributed by atoms with Gasteiger partial charge in [0, 0.05) is 25.0 Å². The van der Waals surface area contributed by atoms with E-state index in [1.54, 1.807) is 6.34 Å². The van der Waals surface area contributed by atoms with Crippen LogP contribution in [-0.4, -0.2) is 50.2 Å². The molecule has 0 aromatic heterocycles. The van der Waals surface area contributed by atoms with E-state index in [4.69, 9.17) is 104 Å². The quantitative estimate of drug-likeness (QED) is 0.187. The Morgan fingerprint density at radius 1 is 1.00 bits per heavy atom. The van der Waals surface area contributed by atoms with Gasteiger partial charge in [-0.1, -0.05) is 58.0 Å². The van der Waals surface area contributed by atoms with Crippen molar-refractivity contribution in [1.82, 2.24) is 4.90 Å². The Labute approximate surface area is 227 Å². The molecule has 172 valence electrons. The van der Waals surface area contributed by atoms with E-state index in [0.29, 0.717) is 6.42 Å². The Kier molecular flexibility index (Phi) is 7.95. The maximum absolute atomic E-state index is 6.62. The molecule has 3 aliphatic rings. The Hall–Kier alpha value is 1.04. The van der Waals surface area contributed by atoms with E-state index in [-0.39, 0.29) is 27.3 Å². The summed E-state index contributed by atoms with van der Waals surface area (Å²) in [6, 6.07) is 5.67. The normalized spacial score (nSPS) is 37.8. The number of halogens is 9. The van der Waals surface area contributed by atoms with Gasteiger partial charge in [-0.15, -0.1) is 46.4 Å². The number of hydrogen-bond acceptors (Lipinski definition) is 1. The molecular weight excluding hydrogens is 587 g/mol. The Morgan fingerprint density at radius 2 is 1.58 bits per heavy atom. The molecule has 4 rings (SSSR count). The Bertz CT molecular complexity index is 931. The van der Waals surface area contributed by atoms with E-state index in [9.17, 15) is 0 Å². The summed E-state index contributed by atoms with van der Waals surface area (Å²) in [5.74, 6) is -0.488. The summed E-state index contributed by atoms with van der Waals surface area (Å²) in [6.45, 7) is 1.99. The highest BCUT2D eigenvalue weighted by Gasteiger charge is 2.84. The minimum Gasteiger partial charge on any atom is -0.369 e. The highest BCUT2D eigenvalue weighted by Crippen LogP contribution is 2.79. The average Bonchev–Trinajstić information content (AvgIpc) is 3.09. The second-order valence-corrected chi connectivity index (χ2v) is 12.9. The van der Waals surface area contributed by atoms with Gasteiger partial charge in [-0.3, -0.25) is 0 Å². The van der Waals surface area contributed by atoms with Crippen LogP contribution in [0.4, 0.5) is 5.69 Å². The third-order valence-corrected chi connectivity index (χ3v) is 11.6. The van der Waals surface area contributed by atoms with E-state index in [0.717, 1.165) is 16.3 Å². The number of rotatable bonds is 2. The molecule has 6 unspecified atom stereocenters. The first-order chi connectivity index (χ1) is 14.2. The van der Waals surface area contributed by atoms with Crippen molar-refractivity contribution < 1.29 is 0 Å². The Balaban J connectivity index is 0.000000187. The first-order valence-corrected chi connectivity index (χ1v) is 12.8. The fraction of sp³-hybridized carbons (Fsp3) is 0.550. The van der Waals surface area contributed by atoms with Crippen molar-refractivity contribution in [3.05, 3.63) is 38.8 Å². The number of aliphatic imine (C=N–C) groups is 1. The highest BCUT2D eigenvalue weighted by atomic mass is 35.5. The third kappa shape index (κ3) is 3.99. The predicted octanol–water partition coefficient (Wildman–Crippen LogP) is 8.55. The van der Waals surface area contributed by atoms with E-state index in [2.05, 4.69) is 4.99 Å². The maximum Gasteiger partial charge on any atom is 0.166 e. The molecule has 1 aromatic carbocycles. The molecule has 2 fully saturated rings. The lowest BCUT2D eigenvalue weighted by Crippen LogP contribution is -2.47. The van der Waals surface area contributed by atoms with Gasteiger partial charge in [0.25, 0.3) is 0 Å². The first-order valence-electron chi connectivity index (χ1n) is 9.28. The molecule has 6 atom stereocenters. The number of alkyl halides is 6. The lowest BCUT2D eigenvalue weighted by atomic mass is 9.84. The number of allylic oxidation sites excluding steroid dienone is 2. The van der Waals surface area contributed by atoms with E-state index < -0.39 is 19.5 Å². The summed E-state index contributed by atoms with van der Waals surface area (Å²) >= 11 is 56.8. The van der Waals surface area contributed by atoms with Crippen LogP contribution in [0.3, 0.4) is 0 Å². The minimum atomic E-state index is -1.50. The lowest BCUT2D eigenvalue weighted by molar-refractivity contribution is 0.385. The van der Waals surface area contributed by atoms with Gasteiger partial charge in [0.2, 0.25) is 0 Å². The molecule has 1 aromatic rings. The highest BCUT2D eigenvalue weighted by molar-refractivity contribution is 6.66. The molecule has 2 bridgehead atoms. The van der Waals surface area contributed by atoms with Gasteiger partial charge in [0.05, 0.1) is 32.8 Å². The van der Waals surface area contributed by atoms with Gasteiger partial charge in [-0.05, 0) is 43.0 Å². The molecule has 0 amide bonds. The molecule has 3 aliphatic carbocycles. The number of fused-ring (bicyclic) bond motifs is 5. The minimum absolute atomic E-state index is 0.184. The average molecular weight is 606 g/mol. The SMILES string of the molecule is Cc1cc(Cl)ccc1N=CN(C)C.ClC1=C(Cl)C2(Cl)C3C(Cl)C(Cl)CC3C1(Cl)C2(Cl)Cl. The molecule has 2 saturated carbocycles. The first kappa shape index (κ1) is 26.6.